The molecule has 1 atom stereocenters. The lowest BCUT2D eigenvalue weighted by atomic mass is 9.93. The summed E-state index contributed by atoms with van der Waals surface area (Å²) in [6, 6.07) is 10.9. The Hall–Kier alpha value is -3.68. The molecule has 1 aromatic heterocycles. The minimum atomic E-state index is -0.556. The van der Waals surface area contributed by atoms with Crippen molar-refractivity contribution in [1.29, 1.82) is 0 Å². The molecule has 1 aliphatic rings. The Balaban J connectivity index is 2.04. The smallest absolute Gasteiger partial charge is 0.338 e. The van der Waals surface area contributed by atoms with E-state index in [0.29, 0.717) is 34.5 Å². The second-order valence-electron chi connectivity index (χ2n) is 7.74. The predicted octanol–water partition coefficient (Wildman–Crippen LogP) is 4.30. The molecule has 168 valence electrons. The van der Waals surface area contributed by atoms with Crippen LogP contribution in [-0.2, 0) is 9.53 Å². The molecule has 1 aliphatic heterocycles. The molecule has 0 aliphatic carbocycles. The van der Waals surface area contributed by atoms with Crippen molar-refractivity contribution in [3.05, 3.63) is 53.2 Å². The Morgan fingerprint density at radius 2 is 1.75 bits per heavy atom. The van der Waals surface area contributed by atoms with Crippen molar-refractivity contribution in [1.82, 2.24) is 9.55 Å². The molecule has 0 spiro atoms. The molecule has 0 saturated carbocycles. The fraction of sp³-hybridized carbons (Fsp3) is 0.333. The van der Waals surface area contributed by atoms with Gasteiger partial charge in [-0.2, -0.15) is 0 Å². The van der Waals surface area contributed by atoms with Crippen molar-refractivity contribution >= 4 is 23.0 Å². The molecule has 0 saturated heterocycles. The number of rotatable bonds is 6. The van der Waals surface area contributed by atoms with E-state index in [1.807, 2.05) is 55.7 Å². The van der Waals surface area contributed by atoms with Crippen molar-refractivity contribution in [2.24, 2.45) is 0 Å². The summed E-state index contributed by atoms with van der Waals surface area (Å²) in [6.45, 7) is 5.50. The maximum atomic E-state index is 13.3. The largest absolute Gasteiger partial charge is 0.493 e. The minimum absolute atomic E-state index is 0.267. The number of imidazole rings is 1. The van der Waals surface area contributed by atoms with Gasteiger partial charge in [-0.15, -0.1) is 0 Å². The number of fused-ring (bicyclic) bond motifs is 3. The van der Waals surface area contributed by atoms with Crippen molar-refractivity contribution in [2.45, 2.75) is 32.9 Å². The van der Waals surface area contributed by atoms with Crippen LogP contribution < -0.4 is 19.5 Å². The lowest BCUT2D eigenvalue weighted by molar-refractivity contribution is -0.143. The van der Waals surface area contributed by atoms with E-state index < -0.39 is 12.0 Å². The first kappa shape index (κ1) is 21.5. The highest BCUT2D eigenvalue weighted by atomic mass is 16.5. The van der Waals surface area contributed by atoms with Crippen LogP contribution in [0.15, 0.2) is 47.7 Å². The van der Waals surface area contributed by atoms with Crippen LogP contribution in [-0.4, -0.2) is 43.0 Å². The number of methoxy groups -OCH3 is 3. The normalized spacial score (nSPS) is 15.4. The average molecular weight is 437 g/mol. The molecule has 8 heteroatoms. The van der Waals surface area contributed by atoms with Gasteiger partial charge in [-0.25, -0.2) is 9.78 Å². The number of carbonyl (C=O) groups excluding carboxylic acids is 1. The number of hydrogen-bond donors (Lipinski definition) is 1. The fourth-order valence-electron chi connectivity index (χ4n) is 4.14. The highest BCUT2D eigenvalue weighted by Gasteiger charge is 2.38. The molecule has 1 N–H and O–H groups in total. The summed E-state index contributed by atoms with van der Waals surface area (Å²) in [4.78, 5) is 18.0. The standard InChI is InChI=1S/C24H27N3O5/c1-13(2)32-23(28)19-14(3)25-24-26-16-9-7-8-10-17(16)27(24)20(19)15-11-12-18(29-4)22(31-6)21(15)30-5/h7-13,20H,1-6H3,(H,25,26)/t20-/m1/s1. The number of para-hydroxylation sites is 2. The molecule has 4 rings (SSSR count). The second kappa shape index (κ2) is 8.45. The van der Waals surface area contributed by atoms with Gasteiger partial charge < -0.3 is 24.3 Å². The van der Waals surface area contributed by atoms with Crippen LogP contribution in [0.1, 0.15) is 32.4 Å². The SMILES string of the molecule is COc1ccc([C@@H]2C(C(=O)OC(C)C)=C(C)Nc3nc4ccccc4n32)c(OC)c1OC. The van der Waals surface area contributed by atoms with Gasteiger partial charge in [0.15, 0.2) is 11.5 Å². The van der Waals surface area contributed by atoms with Crippen LogP contribution in [0.4, 0.5) is 5.95 Å². The Kier molecular flexibility index (Phi) is 5.69. The van der Waals surface area contributed by atoms with Gasteiger partial charge in [-0.3, -0.25) is 4.57 Å². The predicted molar refractivity (Wildman–Crippen MR) is 122 cm³/mol. The van der Waals surface area contributed by atoms with Gasteiger partial charge in [0.25, 0.3) is 0 Å². The number of esters is 1. The highest BCUT2D eigenvalue weighted by Crippen LogP contribution is 2.48. The van der Waals surface area contributed by atoms with E-state index in [0.717, 1.165) is 16.6 Å². The third-order valence-corrected chi connectivity index (χ3v) is 5.42. The zero-order valence-electron chi connectivity index (χ0n) is 19.1. The molecule has 2 heterocycles. The summed E-state index contributed by atoms with van der Waals surface area (Å²) in [5.41, 5.74) is 3.55. The number of nitrogens with zero attached hydrogens (tertiary/aromatic N) is 2. The number of aromatic nitrogens is 2. The van der Waals surface area contributed by atoms with E-state index in [1.54, 1.807) is 27.4 Å². The monoisotopic (exact) mass is 437 g/mol. The third-order valence-electron chi connectivity index (χ3n) is 5.42. The Bertz CT molecular complexity index is 1210. The molecule has 0 radical (unpaired) electrons. The van der Waals surface area contributed by atoms with E-state index in [2.05, 4.69) is 5.32 Å². The lowest BCUT2D eigenvalue weighted by Crippen LogP contribution is -2.30. The maximum absolute atomic E-state index is 13.3. The van der Waals surface area contributed by atoms with Crippen molar-refractivity contribution in [2.75, 3.05) is 26.6 Å². The van der Waals surface area contributed by atoms with Gasteiger partial charge in [-0.1, -0.05) is 12.1 Å². The van der Waals surface area contributed by atoms with Gasteiger partial charge in [0.1, 0.15) is 0 Å². The topological polar surface area (TPSA) is 83.8 Å². The number of allylic oxidation sites excluding steroid dienone is 1. The molecular weight excluding hydrogens is 410 g/mol. The van der Waals surface area contributed by atoms with Crippen molar-refractivity contribution in [3.8, 4) is 17.2 Å². The first-order valence-electron chi connectivity index (χ1n) is 10.4. The Morgan fingerprint density at radius 3 is 2.41 bits per heavy atom. The van der Waals surface area contributed by atoms with Gasteiger partial charge in [0.05, 0.1) is 50.1 Å². The number of carbonyl (C=O) groups is 1. The summed E-state index contributed by atoms with van der Waals surface area (Å²) < 4.78 is 24.5. The van der Waals surface area contributed by atoms with Gasteiger partial charge >= 0.3 is 5.97 Å². The van der Waals surface area contributed by atoms with Crippen molar-refractivity contribution < 1.29 is 23.7 Å². The van der Waals surface area contributed by atoms with Crippen LogP contribution >= 0.6 is 0 Å². The molecular formula is C24H27N3O5. The van der Waals surface area contributed by atoms with Crippen LogP contribution in [0.5, 0.6) is 17.2 Å². The van der Waals surface area contributed by atoms with Crippen LogP contribution in [0.2, 0.25) is 0 Å². The molecule has 3 aromatic rings. The van der Waals surface area contributed by atoms with Gasteiger partial charge in [-0.05, 0) is 45.0 Å². The van der Waals surface area contributed by atoms with Gasteiger partial charge in [0.2, 0.25) is 11.7 Å². The molecule has 32 heavy (non-hydrogen) atoms. The summed E-state index contributed by atoms with van der Waals surface area (Å²) in [5, 5.41) is 3.28. The molecule has 0 fully saturated rings. The number of anilines is 1. The highest BCUT2D eigenvalue weighted by molar-refractivity contribution is 5.94. The zero-order valence-corrected chi connectivity index (χ0v) is 19.1. The fourth-order valence-corrected chi connectivity index (χ4v) is 4.14. The van der Waals surface area contributed by atoms with Gasteiger partial charge in [0, 0.05) is 11.3 Å². The molecule has 2 aromatic carbocycles. The minimum Gasteiger partial charge on any atom is -0.493 e. The first-order valence-corrected chi connectivity index (χ1v) is 10.4. The van der Waals surface area contributed by atoms with E-state index in [4.69, 9.17) is 23.9 Å². The number of benzene rings is 2. The third kappa shape index (κ3) is 3.41. The molecule has 8 nitrogen and oxygen atoms in total. The van der Waals surface area contributed by atoms with Crippen LogP contribution in [0.3, 0.4) is 0 Å². The number of ether oxygens (including phenoxy) is 4. The van der Waals surface area contributed by atoms with Crippen LogP contribution in [0, 0.1) is 0 Å². The number of nitrogens with one attached hydrogen (secondary N) is 1. The molecule has 0 unspecified atom stereocenters. The van der Waals surface area contributed by atoms with E-state index >= 15 is 0 Å². The Morgan fingerprint density at radius 1 is 1.03 bits per heavy atom. The summed E-state index contributed by atoms with van der Waals surface area (Å²) >= 11 is 0. The van der Waals surface area contributed by atoms with Crippen LogP contribution in [0.25, 0.3) is 11.0 Å². The van der Waals surface area contributed by atoms with E-state index in [-0.39, 0.29) is 6.10 Å². The Labute approximate surface area is 186 Å². The summed E-state index contributed by atoms with van der Waals surface area (Å²) in [7, 11) is 4.69. The quantitative estimate of drug-likeness (QED) is 0.576. The lowest BCUT2D eigenvalue weighted by Gasteiger charge is -2.31. The maximum Gasteiger partial charge on any atom is 0.338 e. The summed E-state index contributed by atoms with van der Waals surface area (Å²) in [6.07, 6.45) is -0.267. The van der Waals surface area contributed by atoms with E-state index in [1.165, 1.54) is 0 Å². The molecule has 0 bridgehead atoms. The number of hydrogen-bond acceptors (Lipinski definition) is 7. The second-order valence-corrected chi connectivity index (χ2v) is 7.74. The van der Waals surface area contributed by atoms with Crippen molar-refractivity contribution in [3.63, 3.8) is 0 Å². The zero-order chi connectivity index (χ0) is 23.0. The first-order chi connectivity index (χ1) is 15.4. The summed E-state index contributed by atoms with van der Waals surface area (Å²) in [5.74, 6) is 1.68. The average Bonchev–Trinajstić information content (AvgIpc) is 3.14. The molecule has 0 amide bonds. The van der Waals surface area contributed by atoms with E-state index in [9.17, 15) is 4.79 Å².